The molecule has 0 bridgehead atoms. The van der Waals surface area contributed by atoms with Crippen molar-refractivity contribution in [2.45, 2.75) is 18.7 Å². The summed E-state index contributed by atoms with van der Waals surface area (Å²) in [4.78, 5) is 11.4. The van der Waals surface area contributed by atoms with Gasteiger partial charge in [-0.25, -0.2) is 12.8 Å². The lowest BCUT2D eigenvalue weighted by Crippen LogP contribution is -2.31. The van der Waals surface area contributed by atoms with Crippen LogP contribution in [0.4, 0.5) is 4.39 Å². The lowest BCUT2D eigenvalue weighted by atomic mass is 10.2. The molecule has 0 heterocycles. The highest BCUT2D eigenvalue weighted by atomic mass is 35.5. The summed E-state index contributed by atoms with van der Waals surface area (Å²) in [7, 11) is -4.13. The molecule has 20 heavy (non-hydrogen) atoms. The molecule has 0 radical (unpaired) electrons. The number of benzene rings is 1. The Labute approximate surface area is 126 Å². The third kappa shape index (κ3) is 3.94. The van der Waals surface area contributed by atoms with Crippen molar-refractivity contribution in [3.8, 4) is 0 Å². The molecule has 0 atom stereocenters. The maximum absolute atomic E-state index is 12.8. The molecule has 8 heteroatoms. The Hall–Kier alpha value is -1.11. The van der Waals surface area contributed by atoms with Gasteiger partial charge in [0.05, 0.1) is 4.90 Å². The molecule has 0 aliphatic carbocycles. The van der Waals surface area contributed by atoms with Crippen LogP contribution in [0.15, 0.2) is 38.7 Å². The molecule has 1 N–H and O–H groups in total. The van der Waals surface area contributed by atoms with Crippen molar-refractivity contribution in [1.82, 2.24) is 5.32 Å². The van der Waals surface area contributed by atoms with Gasteiger partial charge in [0.15, 0.2) is 5.03 Å². The van der Waals surface area contributed by atoms with E-state index in [2.05, 4.69) is 5.32 Å². The van der Waals surface area contributed by atoms with Crippen LogP contribution in [-0.4, -0.2) is 14.3 Å². The van der Waals surface area contributed by atoms with Crippen LogP contribution in [-0.2, 0) is 14.6 Å². The average molecular weight is 340 g/mol. The number of carbonyl (C=O) groups excluding carboxylic acids is 1. The van der Waals surface area contributed by atoms with E-state index in [1.807, 2.05) is 0 Å². The number of sulfone groups is 1. The second-order valence-corrected chi connectivity index (χ2v) is 7.03. The van der Waals surface area contributed by atoms with Crippen molar-refractivity contribution in [2.24, 2.45) is 5.92 Å². The summed E-state index contributed by atoms with van der Waals surface area (Å²) < 4.78 is 36.8. The minimum atomic E-state index is -4.13. The predicted molar refractivity (Wildman–Crippen MR) is 75.3 cm³/mol. The van der Waals surface area contributed by atoms with E-state index in [1.54, 1.807) is 13.8 Å². The first kappa shape index (κ1) is 16.9. The number of hydrogen-bond acceptors (Lipinski definition) is 3. The largest absolute Gasteiger partial charge is 0.314 e. The molecule has 0 spiro atoms. The van der Waals surface area contributed by atoms with Crippen LogP contribution in [0.3, 0.4) is 0 Å². The van der Waals surface area contributed by atoms with E-state index in [4.69, 9.17) is 23.2 Å². The van der Waals surface area contributed by atoms with E-state index in [1.165, 1.54) is 0 Å². The Balaban J connectivity index is 3.25. The predicted octanol–water partition coefficient (Wildman–Crippen LogP) is 2.98. The number of nitrogens with one attached hydrogen (secondary N) is 1. The molecule has 1 rings (SSSR count). The highest BCUT2D eigenvalue weighted by Gasteiger charge is 2.26. The van der Waals surface area contributed by atoms with Gasteiger partial charge >= 0.3 is 0 Å². The van der Waals surface area contributed by atoms with Crippen molar-refractivity contribution in [3.63, 3.8) is 0 Å². The van der Waals surface area contributed by atoms with Gasteiger partial charge in [-0.15, -0.1) is 0 Å². The fraction of sp³-hybridized carbons (Fsp3) is 0.250. The molecule has 1 aromatic rings. The Morgan fingerprint density at radius 2 is 1.70 bits per heavy atom. The van der Waals surface area contributed by atoms with Crippen molar-refractivity contribution in [2.75, 3.05) is 0 Å². The van der Waals surface area contributed by atoms with Crippen LogP contribution in [0.25, 0.3) is 0 Å². The Morgan fingerprint density at radius 1 is 1.20 bits per heavy atom. The average Bonchev–Trinajstić information content (AvgIpc) is 2.35. The third-order valence-corrected chi connectivity index (χ3v) is 4.66. The van der Waals surface area contributed by atoms with Crippen LogP contribution >= 0.6 is 23.2 Å². The minimum absolute atomic E-state index is 0.225. The van der Waals surface area contributed by atoms with Gasteiger partial charge in [0.2, 0.25) is 15.7 Å². The monoisotopic (exact) mass is 339 g/mol. The zero-order valence-corrected chi connectivity index (χ0v) is 13.0. The molecule has 0 aromatic heterocycles. The van der Waals surface area contributed by atoms with Crippen molar-refractivity contribution in [3.05, 3.63) is 39.6 Å². The summed E-state index contributed by atoms with van der Waals surface area (Å²) in [5.41, 5.74) is 0. The minimum Gasteiger partial charge on any atom is -0.314 e. The molecule has 0 saturated carbocycles. The van der Waals surface area contributed by atoms with E-state index in [9.17, 15) is 17.6 Å². The van der Waals surface area contributed by atoms with Crippen molar-refractivity contribution in [1.29, 1.82) is 0 Å². The summed E-state index contributed by atoms with van der Waals surface area (Å²) >= 11 is 11.1. The smallest absolute Gasteiger partial charge is 0.227 e. The van der Waals surface area contributed by atoms with Gasteiger partial charge in [-0.3, -0.25) is 4.79 Å². The van der Waals surface area contributed by atoms with Crippen LogP contribution in [0.1, 0.15) is 13.8 Å². The van der Waals surface area contributed by atoms with Gasteiger partial charge < -0.3 is 5.32 Å². The fourth-order valence-corrected chi connectivity index (χ4v) is 3.08. The second kappa shape index (κ2) is 6.56. The first-order valence-corrected chi connectivity index (χ1v) is 7.77. The zero-order valence-electron chi connectivity index (χ0n) is 10.7. The number of hydrogen-bond donors (Lipinski definition) is 1. The Kier molecular flexibility index (Phi) is 5.56. The Morgan fingerprint density at radius 3 is 2.10 bits per heavy atom. The van der Waals surface area contributed by atoms with Gasteiger partial charge in [-0.2, -0.15) is 0 Å². The van der Waals surface area contributed by atoms with Gasteiger partial charge in [-0.05, 0) is 24.3 Å². The summed E-state index contributed by atoms with van der Waals surface area (Å²) in [5, 5.41) is 1.55. The number of halogens is 3. The second-order valence-electron chi connectivity index (χ2n) is 4.19. The zero-order chi connectivity index (χ0) is 15.5. The van der Waals surface area contributed by atoms with Crippen molar-refractivity contribution >= 4 is 38.9 Å². The summed E-state index contributed by atoms with van der Waals surface area (Å²) in [6.45, 7) is 3.17. The van der Waals surface area contributed by atoms with Crippen LogP contribution in [0, 0.1) is 11.7 Å². The van der Waals surface area contributed by atoms with Gasteiger partial charge in [-0.1, -0.05) is 37.0 Å². The number of carbonyl (C=O) groups is 1. The standard InChI is InChI=1S/C12H12Cl2FNO3S/c1-7(2)11(17)16-12(10(13)14)20(18,19)9-5-3-8(15)4-6-9/h3-7H,1-2H3,(H,16,17). The molecule has 110 valence electrons. The highest BCUT2D eigenvalue weighted by Crippen LogP contribution is 2.24. The lowest BCUT2D eigenvalue weighted by Gasteiger charge is -2.12. The summed E-state index contributed by atoms with van der Waals surface area (Å²) in [6.07, 6.45) is 0. The summed E-state index contributed by atoms with van der Waals surface area (Å²) in [6, 6.07) is 4.08. The third-order valence-electron chi connectivity index (χ3n) is 2.33. The lowest BCUT2D eigenvalue weighted by molar-refractivity contribution is -0.123. The molecular weight excluding hydrogens is 328 g/mol. The maximum atomic E-state index is 12.8. The first-order valence-electron chi connectivity index (χ1n) is 5.53. The quantitative estimate of drug-likeness (QED) is 0.857. The van der Waals surface area contributed by atoms with E-state index in [0.717, 1.165) is 24.3 Å². The van der Waals surface area contributed by atoms with Crippen LogP contribution in [0.2, 0.25) is 0 Å². The fourth-order valence-electron chi connectivity index (χ4n) is 1.20. The van der Waals surface area contributed by atoms with E-state index in [-0.39, 0.29) is 4.90 Å². The molecule has 0 fully saturated rings. The molecule has 1 aromatic carbocycles. The number of amides is 1. The molecule has 4 nitrogen and oxygen atoms in total. The molecule has 0 aliphatic rings. The molecule has 1 amide bonds. The molecule has 0 saturated heterocycles. The Bertz CT molecular complexity index is 635. The summed E-state index contributed by atoms with van der Waals surface area (Å²) in [5.74, 6) is -1.59. The van der Waals surface area contributed by atoms with Gasteiger partial charge in [0.25, 0.3) is 0 Å². The van der Waals surface area contributed by atoms with Gasteiger partial charge in [0, 0.05) is 5.92 Å². The normalized spacial score (nSPS) is 11.3. The van der Waals surface area contributed by atoms with E-state index in [0.29, 0.717) is 0 Å². The number of rotatable bonds is 4. The van der Waals surface area contributed by atoms with E-state index >= 15 is 0 Å². The van der Waals surface area contributed by atoms with Crippen LogP contribution in [0.5, 0.6) is 0 Å². The van der Waals surface area contributed by atoms with Crippen LogP contribution < -0.4 is 5.32 Å². The highest BCUT2D eigenvalue weighted by molar-refractivity contribution is 7.95. The molecule has 0 unspecified atom stereocenters. The topological polar surface area (TPSA) is 63.2 Å². The SMILES string of the molecule is CC(C)C(=O)NC(=C(Cl)Cl)S(=O)(=O)c1ccc(F)cc1. The van der Waals surface area contributed by atoms with E-state index < -0.39 is 37.0 Å². The first-order chi connectivity index (χ1) is 9.16. The molecule has 0 aliphatic heterocycles. The molecular formula is C12H12Cl2FNO3S. The van der Waals surface area contributed by atoms with Gasteiger partial charge in [0.1, 0.15) is 10.3 Å². The van der Waals surface area contributed by atoms with Crippen molar-refractivity contribution < 1.29 is 17.6 Å². The maximum Gasteiger partial charge on any atom is 0.227 e.